The molecule has 0 bridgehead atoms. The molecule has 1 heterocycles. The minimum Gasteiger partial charge on any atom is -0.402 e. The lowest BCUT2D eigenvalue weighted by atomic mass is 10.1. The number of ether oxygens (including phenoxy) is 1. The molecule has 0 radical (unpaired) electrons. The first-order chi connectivity index (χ1) is 12.2. The van der Waals surface area contributed by atoms with E-state index in [0.717, 1.165) is 12.1 Å². The summed E-state index contributed by atoms with van der Waals surface area (Å²) in [6.45, 7) is 0. The molecule has 9 heteroatoms. The van der Waals surface area contributed by atoms with E-state index in [2.05, 4.69) is 4.99 Å². The number of esters is 1. The molecule has 2 aromatic carbocycles. The van der Waals surface area contributed by atoms with Crippen molar-refractivity contribution in [3.05, 3.63) is 81.0 Å². The van der Waals surface area contributed by atoms with Crippen molar-refractivity contribution in [3.8, 4) is 0 Å². The number of nitro groups is 1. The van der Waals surface area contributed by atoms with E-state index in [-0.39, 0.29) is 22.8 Å². The summed E-state index contributed by atoms with van der Waals surface area (Å²) in [4.78, 5) is 25.9. The Balaban J connectivity index is 1.90. The molecule has 0 unspecified atom stereocenters. The van der Waals surface area contributed by atoms with Gasteiger partial charge in [-0.05, 0) is 35.9 Å². The van der Waals surface area contributed by atoms with Crippen LogP contribution in [0.3, 0.4) is 0 Å². The molecule has 0 aromatic heterocycles. The van der Waals surface area contributed by atoms with Gasteiger partial charge in [0.15, 0.2) is 5.70 Å². The number of carbonyl (C=O) groups excluding carboxylic acids is 1. The van der Waals surface area contributed by atoms with Gasteiger partial charge in [-0.25, -0.2) is 9.79 Å². The van der Waals surface area contributed by atoms with Gasteiger partial charge in [-0.3, -0.25) is 10.1 Å². The zero-order valence-corrected chi connectivity index (χ0v) is 12.9. The highest BCUT2D eigenvalue weighted by Crippen LogP contribution is 2.30. The highest BCUT2D eigenvalue weighted by Gasteiger charge is 2.30. The van der Waals surface area contributed by atoms with Gasteiger partial charge in [0.25, 0.3) is 5.69 Å². The van der Waals surface area contributed by atoms with Crippen LogP contribution in [0.4, 0.5) is 18.9 Å². The normalized spacial score (nSPS) is 15.7. The molecule has 0 amide bonds. The second kappa shape index (κ2) is 6.43. The largest absolute Gasteiger partial charge is 0.416 e. The van der Waals surface area contributed by atoms with Crippen molar-refractivity contribution in [3.63, 3.8) is 0 Å². The fourth-order valence-electron chi connectivity index (χ4n) is 2.22. The predicted molar refractivity (Wildman–Crippen MR) is 85.1 cm³/mol. The zero-order valence-electron chi connectivity index (χ0n) is 12.9. The number of nitrogens with zero attached hydrogens (tertiary/aromatic N) is 2. The number of alkyl halides is 3. The number of nitro benzene ring substituents is 1. The first kappa shape index (κ1) is 17.3. The van der Waals surface area contributed by atoms with Gasteiger partial charge in [-0.15, -0.1) is 0 Å². The highest BCUT2D eigenvalue weighted by molar-refractivity contribution is 6.12. The molecule has 0 atom stereocenters. The molecule has 132 valence electrons. The molecule has 6 nitrogen and oxygen atoms in total. The summed E-state index contributed by atoms with van der Waals surface area (Å²) in [6.07, 6.45) is -3.33. The van der Waals surface area contributed by atoms with Crippen LogP contribution in [0, 0.1) is 10.1 Å². The molecular formula is C17H9F3N2O4. The van der Waals surface area contributed by atoms with Crippen LogP contribution in [0.5, 0.6) is 0 Å². The average molecular weight is 362 g/mol. The molecule has 2 aromatic rings. The van der Waals surface area contributed by atoms with Crippen LogP contribution in [0.25, 0.3) is 6.08 Å². The summed E-state index contributed by atoms with van der Waals surface area (Å²) < 4.78 is 43.2. The lowest BCUT2D eigenvalue weighted by Gasteiger charge is -2.06. The van der Waals surface area contributed by atoms with Gasteiger partial charge in [-0.1, -0.05) is 12.1 Å². The van der Waals surface area contributed by atoms with Crippen molar-refractivity contribution in [1.82, 2.24) is 0 Å². The summed E-state index contributed by atoms with van der Waals surface area (Å²) in [5, 5.41) is 10.6. The van der Waals surface area contributed by atoms with Crippen molar-refractivity contribution in [2.24, 2.45) is 4.99 Å². The Labute approximate surface area is 144 Å². The average Bonchev–Trinajstić information content (AvgIpc) is 2.95. The fraction of sp³-hybridized carbons (Fsp3) is 0.0588. The Kier molecular flexibility index (Phi) is 4.29. The number of non-ortho nitro benzene ring substituents is 1. The number of benzene rings is 2. The Morgan fingerprint density at radius 1 is 1.12 bits per heavy atom. The Bertz CT molecular complexity index is 947. The maximum absolute atomic E-state index is 12.7. The van der Waals surface area contributed by atoms with Crippen molar-refractivity contribution in [2.45, 2.75) is 6.18 Å². The van der Waals surface area contributed by atoms with Crippen LogP contribution in [0.2, 0.25) is 0 Å². The van der Waals surface area contributed by atoms with Gasteiger partial charge in [0.2, 0.25) is 5.90 Å². The molecular weight excluding hydrogens is 353 g/mol. The first-order valence-corrected chi connectivity index (χ1v) is 7.19. The van der Waals surface area contributed by atoms with E-state index in [1.54, 1.807) is 0 Å². The van der Waals surface area contributed by atoms with Gasteiger partial charge in [0.05, 0.1) is 10.5 Å². The lowest BCUT2D eigenvalue weighted by Crippen LogP contribution is -2.05. The van der Waals surface area contributed by atoms with Crippen LogP contribution < -0.4 is 0 Å². The van der Waals surface area contributed by atoms with E-state index in [4.69, 9.17) is 4.74 Å². The van der Waals surface area contributed by atoms with Crippen molar-refractivity contribution in [2.75, 3.05) is 0 Å². The summed E-state index contributed by atoms with van der Waals surface area (Å²) >= 11 is 0. The Morgan fingerprint density at radius 2 is 1.81 bits per heavy atom. The molecule has 0 saturated carbocycles. The number of hydrogen-bond donors (Lipinski definition) is 0. The molecule has 26 heavy (non-hydrogen) atoms. The Hall–Kier alpha value is -3.49. The second-order valence-corrected chi connectivity index (χ2v) is 5.26. The maximum atomic E-state index is 12.7. The fourth-order valence-corrected chi connectivity index (χ4v) is 2.22. The maximum Gasteiger partial charge on any atom is 0.416 e. The van der Waals surface area contributed by atoms with E-state index < -0.39 is 22.6 Å². The number of cyclic esters (lactones) is 1. The smallest absolute Gasteiger partial charge is 0.402 e. The molecule has 1 aliphatic rings. The van der Waals surface area contributed by atoms with Crippen molar-refractivity contribution in [1.29, 1.82) is 0 Å². The molecule has 0 N–H and O–H groups in total. The molecule has 3 rings (SSSR count). The van der Waals surface area contributed by atoms with E-state index in [1.165, 1.54) is 42.5 Å². The number of rotatable bonds is 3. The molecule has 0 spiro atoms. The monoisotopic (exact) mass is 362 g/mol. The number of aliphatic imine (C=N–C) groups is 1. The number of carbonyl (C=O) groups is 1. The van der Waals surface area contributed by atoms with E-state index in [1.807, 2.05) is 0 Å². The third-order valence-corrected chi connectivity index (χ3v) is 3.46. The molecule has 0 saturated heterocycles. The molecule has 1 aliphatic heterocycles. The van der Waals surface area contributed by atoms with Crippen LogP contribution in [-0.2, 0) is 15.7 Å². The third kappa shape index (κ3) is 3.61. The predicted octanol–water partition coefficient (Wildman–Crippen LogP) is 3.96. The summed E-state index contributed by atoms with van der Waals surface area (Å²) in [7, 11) is 0. The molecule has 0 aliphatic carbocycles. The Morgan fingerprint density at radius 3 is 2.42 bits per heavy atom. The zero-order chi connectivity index (χ0) is 18.9. The second-order valence-electron chi connectivity index (χ2n) is 5.26. The van der Waals surface area contributed by atoms with Crippen molar-refractivity contribution < 1.29 is 27.6 Å². The van der Waals surface area contributed by atoms with E-state index in [0.29, 0.717) is 5.56 Å². The van der Waals surface area contributed by atoms with Crippen LogP contribution in [0.1, 0.15) is 16.7 Å². The van der Waals surface area contributed by atoms with Gasteiger partial charge < -0.3 is 4.74 Å². The SMILES string of the molecule is O=C1OC(c2ccc([N+](=O)[O-])cc2)=NC1=Cc1cccc(C(F)(F)F)c1. The van der Waals surface area contributed by atoms with E-state index in [9.17, 15) is 28.1 Å². The number of hydrogen-bond acceptors (Lipinski definition) is 5. The standard InChI is InChI=1S/C17H9F3N2O4/c18-17(19,20)12-3-1-2-10(8-12)9-14-16(23)26-15(21-14)11-4-6-13(7-5-11)22(24)25/h1-9H. The van der Waals surface area contributed by atoms with Crippen LogP contribution >= 0.6 is 0 Å². The summed E-state index contributed by atoms with van der Waals surface area (Å²) in [6, 6.07) is 9.58. The minimum atomic E-state index is -4.50. The summed E-state index contributed by atoms with van der Waals surface area (Å²) in [5.41, 5.74) is -0.689. The quantitative estimate of drug-likeness (QED) is 0.358. The minimum absolute atomic E-state index is 0.0804. The topological polar surface area (TPSA) is 81.8 Å². The van der Waals surface area contributed by atoms with Gasteiger partial charge in [-0.2, -0.15) is 13.2 Å². The van der Waals surface area contributed by atoms with Gasteiger partial charge >= 0.3 is 12.1 Å². The third-order valence-electron chi connectivity index (χ3n) is 3.46. The van der Waals surface area contributed by atoms with Crippen LogP contribution in [0.15, 0.2) is 59.2 Å². The summed E-state index contributed by atoms with van der Waals surface area (Å²) in [5.74, 6) is -0.904. The molecule has 0 fully saturated rings. The highest BCUT2D eigenvalue weighted by atomic mass is 19.4. The van der Waals surface area contributed by atoms with Crippen molar-refractivity contribution >= 4 is 23.6 Å². The van der Waals surface area contributed by atoms with Gasteiger partial charge in [0, 0.05) is 17.7 Å². The van der Waals surface area contributed by atoms with Gasteiger partial charge in [0.1, 0.15) is 0 Å². The van der Waals surface area contributed by atoms with Crippen LogP contribution in [-0.4, -0.2) is 16.8 Å². The first-order valence-electron chi connectivity index (χ1n) is 7.19. The van der Waals surface area contributed by atoms with E-state index >= 15 is 0 Å². The lowest BCUT2D eigenvalue weighted by molar-refractivity contribution is -0.384. The number of halogens is 3.